The number of rotatable bonds is 8. The number of nitrogens with one attached hydrogen (secondary N) is 2. The molecule has 1 aromatic carbocycles. The van der Waals surface area contributed by atoms with E-state index >= 15 is 0 Å². The standard InChI is InChI=1S/C23H37N3O4S/c1-22(2,3)25-19(27)18(16-12-10-9-11-13-16)26(7)20(28)17(14-15-31-8)24-21(29)30-23(4,5)6/h9-13,17-18H,14-15H2,1-8H3,(H,24,29)(H,25,27). The summed E-state index contributed by atoms with van der Waals surface area (Å²) < 4.78 is 5.33. The normalized spacial score (nSPS) is 13.7. The van der Waals surface area contributed by atoms with E-state index in [-0.39, 0.29) is 11.8 Å². The molecule has 0 aliphatic carbocycles. The number of thioether (sulfide) groups is 1. The van der Waals surface area contributed by atoms with Gasteiger partial charge in [-0.1, -0.05) is 30.3 Å². The van der Waals surface area contributed by atoms with Gasteiger partial charge in [0.15, 0.2) is 0 Å². The Bertz CT molecular complexity index is 741. The molecule has 2 N–H and O–H groups in total. The van der Waals surface area contributed by atoms with E-state index in [9.17, 15) is 14.4 Å². The van der Waals surface area contributed by atoms with Crippen LogP contribution in [0.15, 0.2) is 30.3 Å². The Balaban J connectivity index is 3.17. The third-order valence-corrected chi connectivity index (χ3v) is 4.84. The van der Waals surface area contributed by atoms with E-state index in [1.54, 1.807) is 39.6 Å². The first-order chi connectivity index (χ1) is 14.2. The van der Waals surface area contributed by atoms with E-state index in [0.29, 0.717) is 17.7 Å². The summed E-state index contributed by atoms with van der Waals surface area (Å²) in [5.41, 5.74) is -0.440. The van der Waals surface area contributed by atoms with Crippen molar-refractivity contribution in [3.05, 3.63) is 35.9 Å². The first kappa shape index (κ1) is 26.8. The van der Waals surface area contributed by atoms with Crippen molar-refractivity contribution in [2.45, 2.75) is 71.2 Å². The maximum absolute atomic E-state index is 13.4. The van der Waals surface area contributed by atoms with Crippen molar-refractivity contribution in [3.8, 4) is 0 Å². The lowest BCUT2D eigenvalue weighted by molar-refractivity contribution is -0.141. The topological polar surface area (TPSA) is 87.7 Å². The second-order valence-electron chi connectivity index (χ2n) is 9.48. The fourth-order valence-corrected chi connectivity index (χ4v) is 3.41. The number of hydrogen-bond acceptors (Lipinski definition) is 5. The van der Waals surface area contributed by atoms with Gasteiger partial charge in [-0.05, 0) is 65.5 Å². The molecule has 7 nitrogen and oxygen atoms in total. The van der Waals surface area contributed by atoms with Crippen LogP contribution in [0.4, 0.5) is 4.79 Å². The van der Waals surface area contributed by atoms with Crippen LogP contribution >= 0.6 is 11.8 Å². The van der Waals surface area contributed by atoms with Crippen molar-refractivity contribution in [3.63, 3.8) is 0 Å². The highest BCUT2D eigenvalue weighted by Gasteiger charge is 2.34. The Labute approximate surface area is 190 Å². The van der Waals surface area contributed by atoms with Gasteiger partial charge in [0.2, 0.25) is 11.8 Å². The number of carbonyl (C=O) groups excluding carboxylic acids is 3. The summed E-state index contributed by atoms with van der Waals surface area (Å²) in [7, 11) is 1.59. The molecule has 0 aliphatic heterocycles. The predicted molar refractivity (Wildman–Crippen MR) is 126 cm³/mol. The van der Waals surface area contributed by atoms with Crippen molar-refractivity contribution in [2.75, 3.05) is 19.1 Å². The molecule has 1 aromatic rings. The van der Waals surface area contributed by atoms with Gasteiger partial charge < -0.3 is 20.3 Å². The van der Waals surface area contributed by atoms with Crippen LogP contribution in [0.2, 0.25) is 0 Å². The molecule has 3 amide bonds. The van der Waals surface area contributed by atoms with Gasteiger partial charge >= 0.3 is 6.09 Å². The van der Waals surface area contributed by atoms with Crippen molar-refractivity contribution < 1.29 is 19.1 Å². The molecular weight excluding hydrogens is 414 g/mol. The lowest BCUT2D eigenvalue weighted by Gasteiger charge is -2.33. The van der Waals surface area contributed by atoms with Crippen LogP contribution < -0.4 is 10.6 Å². The molecule has 0 spiro atoms. The van der Waals surface area contributed by atoms with E-state index < -0.39 is 29.3 Å². The minimum atomic E-state index is -0.829. The number of amides is 3. The van der Waals surface area contributed by atoms with Crippen LogP contribution in [0.5, 0.6) is 0 Å². The van der Waals surface area contributed by atoms with Crippen LogP contribution in [-0.4, -0.2) is 59.0 Å². The van der Waals surface area contributed by atoms with Crippen molar-refractivity contribution in [2.24, 2.45) is 0 Å². The molecule has 0 fully saturated rings. The third kappa shape index (κ3) is 9.63. The van der Waals surface area contributed by atoms with Gasteiger partial charge in [-0.15, -0.1) is 0 Å². The molecule has 1 rings (SSSR count). The Morgan fingerprint density at radius 2 is 1.65 bits per heavy atom. The van der Waals surface area contributed by atoms with E-state index in [1.807, 2.05) is 57.4 Å². The fourth-order valence-electron chi connectivity index (χ4n) is 2.94. The summed E-state index contributed by atoms with van der Waals surface area (Å²) in [6, 6.07) is 7.51. The molecule has 0 heterocycles. The van der Waals surface area contributed by atoms with Crippen LogP contribution in [0.3, 0.4) is 0 Å². The molecule has 0 aliphatic rings. The van der Waals surface area contributed by atoms with Crippen molar-refractivity contribution in [1.29, 1.82) is 0 Å². The molecule has 31 heavy (non-hydrogen) atoms. The lowest BCUT2D eigenvalue weighted by atomic mass is 10.0. The van der Waals surface area contributed by atoms with Gasteiger partial charge in [0.25, 0.3) is 0 Å². The summed E-state index contributed by atoms with van der Waals surface area (Å²) in [5.74, 6) is 0.0396. The molecule has 0 saturated heterocycles. The van der Waals surface area contributed by atoms with Crippen molar-refractivity contribution in [1.82, 2.24) is 15.5 Å². The average molecular weight is 452 g/mol. The van der Waals surface area contributed by atoms with E-state index in [4.69, 9.17) is 4.74 Å². The molecule has 8 heteroatoms. The number of nitrogens with zero attached hydrogens (tertiary/aromatic N) is 1. The van der Waals surface area contributed by atoms with Crippen molar-refractivity contribution >= 4 is 29.7 Å². The summed E-state index contributed by atoms with van der Waals surface area (Å²) >= 11 is 1.58. The van der Waals surface area contributed by atoms with Crippen LogP contribution in [0.25, 0.3) is 0 Å². The predicted octanol–water partition coefficient (Wildman–Crippen LogP) is 3.75. The highest BCUT2D eigenvalue weighted by molar-refractivity contribution is 7.98. The monoisotopic (exact) mass is 451 g/mol. The van der Waals surface area contributed by atoms with Gasteiger partial charge in [-0.2, -0.15) is 11.8 Å². The summed E-state index contributed by atoms with van der Waals surface area (Å²) in [4.78, 5) is 40.3. The summed E-state index contributed by atoms with van der Waals surface area (Å²) in [6.45, 7) is 11.0. The minimum absolute atomic E-state index is 0.282. The first-order valence-electron chi connectivity index (χ1n) is 10.4. The van der Waals surface area contributed by atoms with E-state index in [2.05, 4.69) is 10.6 Å². The van der Waals surface area contributed by atoms with Gasteiger partial charge in [0.1, 0.15) is 17.7 Å². The Hall–Kier alpha value is -2.22. The summed E-state index contributed by atoms with van der Waals surface area (Å²) in [6.07, 6.45) is 1.70. The number of hydrogen-bond donors (Lipinski definition) is 2. The van der Waals surface area contributed by atoms with Crippen LogP contribution in [0, 0.1) is 0 Å². The number of alkyl carbamates (subject to hydrolysis) is 1. The summed E-state index contributed by atoms with van der Waals surface area (Å²) in [5, 5.41) is 5.64. The first-order valence-corrected chi connectivity index (χ1v) is 11.8. The second-order valence-corrected chi connectivity index (χ2v) is 10.5. The molecule has 0 bridgehead atoms. The van der Waals surface area contributed by atoms with Gasteiger partial charge in [0, 0.05) is 12.6 Å². The minimum Gasteiger partial charge on any atom is -0.444 e. The highest BCUT2D eigenvalue weighted by Crippen LogP contribution is 2.22. The van der Waals surface area contributed by atoms with Gasteiger partial charge in [-0.3, -0.25) is 9.59 Å². The van der Waals surface area contributed by atoms with Gasteiger partial charge in [0.05, 0.1) is 0 Å². The largest absolute Gasteiger partial charge is 0.444 e. The van der Waals surface area contributed by atoms with Gasteiger partial charge in [-0.25, -0.2) is 4.79 Å². The number of benzene rings is 1. The van der Waals surface area contributed by atoms with Crippen LogP contribution in [0.1, 0.15) is 59.6 Å². The smallest absolute Gasteiger partial charge is 0.408 e. The molecule has 0 saturated carbocycles. The molecule has 174 valence electrons. The Kier molecular flexibility index (Phi) is 9.87. The lowest BCUT2D eigenvalue weighted by Crippen LogP contribution is -2.53. The Morgan fingerprint density at radius 1 is 1.06 bits per heavy atom. The third-order valence-electron chi connectivity index (χ3n) is 4.20. The van der Waals surface area contributed by atoms with E-state index in [1.165, 1.54) is 4.90 Å². The zero-order valence-electron chi connectivity index (χ0n) is 19.9. The number of carbonyl (C=O) groups is 3. The molecule has 0 radical (unpaired) electrons. The zero-order valence-corrected chi connectivity index (χ0v) is 20.8. The fraction of sp³-hybridized carbons (Fsp3) is 0.609. The molecule has 0 aromatic heterocycles. The maximum Gasteiger partial charge on any atom is 0.408 e. The SMILES string of the molecule is CSCCC(NC(=O)OC(C)(C)C)C(=O)N(C)C(C(=O)NC(C)(C)C)c1ccccc1. The second kappa shape index (κ2) is 11.4. The van der Waals surface area contributed by atoms with E-state index in [0.717, 1.165) is 0 Å². The number of likely N-dealkylation sites (N-methyl/N-ethyl adjacent to an activating group) is 1. The van der Waals surface area contributed by atoms with Crippen LogP contribution in [-0.2, 0) is 14.3 Å². The zero-order chi connectivity index (χ0) is 23.8. The number of ether oxygens (including phenoxy) is 1. The Morgan fingerprint density at radius 3 is 2.13 bits per heavy atom. The molecular formula is C23H37N3O4S. The molecule has 2 unspecified atom stereocenters. The highest BCUT2D eigenvalue weighted by atomic mass is 32.2. The molecule has 2 atom stereocenters. The average Bonchev–Trinajstić information content (AvgIpc) is 2.62. The quantitative estimate of drug-likeness (QED) is 0.629. The maximum atomic E-state index is 13.4.